The summed E-state index contributed by atoms with van der Waals surface area (Å²) in [6, 6.07) is 5.93. The van der Waals surface area contributed by atoms with Crippen molar-refractivity contribution in [2.45, 2.75) is 51.1 Å². The molecule has 0 aliphatic carbocycles. The number of piperidine rings is 1. The van der Waals surface area contributed by atoms with Gasteiger partial charge in [-0.3, -0.25) is 4.90 Å². The Bertz CT molecular complexity index is 966. The minimum absolute atomic E-state index is 0.542. The summed E-state index contributed by atoms with van der Waals surface area (Å²) in [6.45, 7) is 4.14. The molecular formula is C20H25ClN6. The first-order chi connectivity index (χ1) is 13.2. The van der Waals surface area contributed by atoms with E-state index in [0.29, 0.717) is 5.92 Å². The maximum absolute atomic E-state index is 6.11. The molecule has 0 amide bonds. The van der Waals surface area contributed by atoms with E-state index in [1.165, 1.54) is 24.5 Å². The summed E-state index contributed by atoms with van der Waals surface area (Å²) in [6.07, 6.45) is 5.89. The van der Waals surface area contributed by atoms with Crippen LogP contribution in [0.3, 0.4) is 0 Å². The predicted octanol–water partition coefficient (Wildman–Crippen LogP) is 3.53. The van der Waals surface area contributed by atoms with E-state index in [2.05, 4.69) is 37.3 Å². The molecule has 4 heterocycles. The van der Waals surface area contributed by atoms with Crippen molar-refractivity contribution in [2.75, 3.05) is 13.1 Å². The topological polar surface area (TPSA) is 51.8 Å². The zero-order valence-corrected chi connectivity index (χ0v) is 16.5. The Labute approximate surface area is 164 Å². The molecule has 0 spiro atoms. The van der Waals surface area contributed by atoms with E-state index in [9.17, 15) is 0 Å². The van der Waals surface area contributed by atoms with Gasteiger partial charge < -0.3 is 9.13 Å². The molecule has 6 nitrogen and oxygen atoms in total. The van der Waals surface area contributed by atoms with Crippen LogP contribution in [0.4, 0.5) is 0 Å². The first-order valence-electron chi connectivity index (χ1n) is 9.94. The highest BCUT2D eigenvalue weighted by Crippen LogP contribution is 2.30. The van der Waals surface area contributed by atoms with Crippen LogP contribution in [0.25, 0.3) is 11.0 Å². The van der Waals surface area contributed by atoms with Crippen LogP contribution in [0, 0.1) is 0 Å². The number of imidazole rings is 1. The number of halogens is 1. The number of rotatable bonds is 3. The van der Waals surface area contributed by atoms with E-state index in [-0.39, 0.29) is 0 Å². The van der Waals surface area contributed by atoms with Crippen molar-refractivity contribution in [1.29, 1.82) is 0 Å². The van der Waals surface area contributed by atoms with Gasteiger partial charge in [-0.15, -0.1) is 10.2 Å². The normalized spacial score (nSPS) is 18.9. The van der Waals surface area contributed by atoms with E-state index in [0.717, 1.165) is 67.3 Å². The lowest BCUT2D eigenvalue weighted by Gasteiger charge is -2.31. The molecular weight excluding hydrogens is 360 g/mol. The molecule has 2 aliphatic heterocycles. The summed E-state index contributed by atoms with van der Waals surface area (Å²) < 4.78 is 4.58. The highest BCUT2D eigenvalue weighted by atomic mass is 35.5. The standard InChI is InChI=1S/C20H25ClN6/c1-25-17-6-5-15(21)12-16(17)22-19(25)13-26-10-7-14(8-11-26)20-24-23-18-4-2-3-9-27(18)20/h5-6,12,14H,2-4,7-11,13H2,1H3. The van der Waals surface area contributed by atoms with Crippen LogP contribution in [0.5, 0.6) is 0 Å². The van der Waals surface area contributed by atoms with Gasteiger partial charge in [0.25, 0.3) is 0 Å². The lowest BCUT2D eigenvalue weighted by atomic mass is 9.95. The lowest BCUT2D eigenvalue weighted by Crippen LogP contribution is -2.34. The number of benzene rings is 1. The molecule has 142 valence electrons. The predicted molar refractivity (Wildman–Crippen MR) is 106 cm³/mol. The van der Waals surface area contributed by atoms with Crippen molar-refractivity contribution in [1.82, 2.24) is 29.2 Å². The average molecular weight is 385 g/mol. The smallest absolute Gasteiger partial charge is 0.136 e. The third kappa shape index (κ3) is 3.15. The second-order valence-electron chi connectivity index (χ2n) is 7.85. The van der Waals surface area contributed by atoms with Gasteiger partial charge in [0.1, 0.15) is 17.5 Å². The quantitative estimate of drug-likeness (QED) is 0.693. The van der Waals surface area contributed by atoms with Crippen LogP contribution in [-0.2, 0) is 26.6 Å². The average Bonchev–Trinajstić information content (AvgIpc) is 3.24. The van der Waals surface area contributed by atoms with Crippen molar-refractivity contribution >= 4 is 22.6 Å². The summed E-state index contributed by atoms with van der Waals surface area (Å²) in [5.74, 6) is 4.06. The molecule has 0 radical (unpaired) electrons. The van der Waals surface area contributed by atoms with E-state index >= 15 is 0 Å². The zero-order valence-electron chi connectivity index (χ0n) is 15.7. The second kappa shape index (κ2) is 6.91. The molecule has 1 fully saturated rings. The molecule has 7 heteroatoms. The highest BCUT2D eigenvalue weighted by Gasteiger charge is 2.27. The Kier molecular flexibility index (Phi) is 4.40. The lowest BCUT2D eigenvalue weighted by molar-refractivity contribution is 0.194. The maximum atomic E-state index is 6.11. The molecule has 2 aliphatic rings. The Morgan fingerprint density at radius 1 is 1.11 bits per heavy atom. The molecule has 5 rings (SSSR count). The van der Waals surface area contributed by atoms with Crippen LogP contribution in [-0.4, -0.2) is 42.3 Å². The Morgan fingerprint density at radius 2 is 1.96 bits per heavy atom. The maximum Gasteiger partial charge on any atom is 0.136 e. The fraction of sp³-hybridized carbons (Fsp3) is 0.550. The fourth-order valence-corrected chi connectivity index (χ4v) is 4.71. The SMILES string of the molecule is Cn1c(CN2CCC(c3nnc4n3CCCC4)CC2)nc2cc(Cl)ccc21. The Morgan fingerprint density at radius 3 is 2.81 bits per heavy atom. The molecule has 27 heavy (non-hydrogen) atoms. The third-order valence-corrected chi connectivity index (χ3v) is 6.38. The molecule has 0 bridgehead atoms. The van der Waals surface area contributed by atoms with Crippen molar-refractivity contribution in [3.8, 4) is 0 Å². The minimum atomic E-state index is 0.542. The van der Waals surface area contributed by atoms with Gasteiger partial charge in [0.2, 0.25) is 0 Å². The van der Waals surface area contributed by atoms with Gasteiger partial charge in [0.05, 0.1) is 17.6 Å². The van der Waals surface area contributed by atoms with Gasteiger partial charge in [-0.2, -0.15) is 0 Å². The summed E-state index contributed by atoms with van der Waals surface area (Å²) in [7, 11) is 2.09. The molecule has 0 N–H and O–H groups in total. The van der Waals surface area contributed by atoms with Crippen LogP contribution < -0.4 is 0 Å². The van der Waals surface area contributed by atoms with Crippen molar-refractivity contribution < 1.29 is 0 Å². The van der Waals surface area contributed by atoms with Crippen LogP contribution in [0.1, 0.15) is 49.1 Å². The monoisotopic (exact) mass is 384 g/mol. The van der Waals surface area contributed by atoms with Crippen molar-refractivity contribution in [3.63, 3.8) is 0 Å². The summed E-state index contributed by atoms with van der Waals surface area (Å²) in [5.41, 5.74) is 2.12. The summed E-state index contributed by atoms with van der Waals surface area (Å²) in [4.78, 5) is 7.31. The molecule has 0 unspecified atom stereocenters. The third-order valence-electron chi connectivity index (χ3n) is 6.14. The number of hydrogen-bond donors (Lipinski definition) is 0. The Hall–Kier alpha value is -1.92. The number of aromatic nitrogens is 5. The van der Waals surface area contributed by atoms with Crippen LogP contribution in [0.2, 0.25) is 5.02 Å². The van der Waals surface area contributed by atoms with Gasteiger partial charge in [-0.1, -0.05) is 11.6 Å². The van der Waals surface area contributed by atoms with Gasteiger partial charge in [-0.25, -0.2) is 4.98 Å². The van der Waals surface area contributed by atoms with Crippen LogP contribution >= 0.6 is 11.6 Å². The van der Waals surface area contributed by atoms with Crippen molar-refractivity contribution in [2.24, 2.45) is 7.05 Å². The number of fused-ring (bicyclic) bond motifs is 2. The molecule has 3 aromatic rings. The van der Waals surface area contributed by atoms with Gasteiger partial charge >= 0.3 is 0 Å². The number of aryl methyl sites for hydroxylation is 2. The van der Waals surface area contributed by atoms with E-state index in [1.807, 2.05) is 12.1 Å². The number of hydrogen-bond acceptors (Lipinski definition) is 4. The van der Waals surface area contributed by atoms with Gasteiger partial charge in [0.15, 0.2) is 0 Å². The second-order valence-corrected chi connectivity index (χ2v) is 8.29. The number of nitrogens with zero attached hydrogens (tertiary/aromatic N) is 6. The minimum Gasteiger partial charge on any atom is -0.330 e. The first kappa shape index (κ1) is 17.2. The van der Waals surface area contributed by atoms with Crippen molar-refractivity contribution in [3.05, 3.63) is 40.7 Å². The highest BCUT2D eigenvalue weighted by molar-refractivity contribution is 6.31. The van der Waals surface area contributed by atoms with E-state index in [1.54, 1.807) is 0 Å². The molecule has 0 saturated carbocycles. The van der Waals surface area contributed by atoms with Gasteiger partial charge in [0, 0.05) is 31.0 Å². The summed E-state index contributed by atoms with van der Waals surface area (Å²) >= 11 is 6.11. The molecule has 1 saturated heterocycles. The van der Waals surface area contributed by atoms with E-state index in [4.69, 9.17) is 16.6 Å². The first-order valence-corrected chi connectivity index (χ1v) is 10.3. The zero-order chi connectivity index (χ0) is 18.4. The van der Waals surface area contributed by atoms with E-state index < -0.39 is 0 Å². The largest absolute Gasteiger partial charge is 0.330 e. The Balaban J connectivity index is 1.27. The molecule has 2 aromatic heterocycles. The summed E-state index contributed by atoms with van der Waals surface area (Å²) in [5, 5.41) is 9.72. The number of likely N-dealkylation sites (tertiary alicyclic amines) is 1. The van der Waals surface area contributed by atoms with Crippen LogP contribution in [0.15, 0.2) is 18.2 Å². The molecule has 1 aromatic carbocycles. The molecule has 0 atom stereocenters. The fourth-order valence-electron chi connectivity index (χ4n) is 4.55. The van der Waals surface area contributed by atoms with Gasteiger partial charge in [-0.05, 0) is 57.0 Å².